The third kappa shape index (κ3) is 3.91. The summed E-state index contributed by atoms with van der Waals surface area (Å²) >= 11 is 0. The maximum Gasteiger partial charge on any atom is 0.164 e. The van der Waals surface area contributed by atoms with Crippen molar-refractivity contribution in [2.24, 2.45) is 0 Å². The molecule has 44 heavy (non-hydrogen) atoms. The molecule has 3 heterocycles. The van der Waals surface area contributed by atoms with Crippen LogP contribution in [0.4, 0.5) is 0 Å². The lowest BCUT2D eigenvalue weighted by atomic mass is 9.95. The lowest BCUT2D eigenvalue weighted by molar-refractivity contribution is 0.668. The van der Waals surface area contributed by atoms with Crippen molar-refractivity contribution < 1.29 is 17.1 Å². The van der Waals surface area contributed by atoms with E-state index >= 15 is 0 Å². The molecule has 0 saturated heterocycles. The van der Waals surface area contributed by atoms with E-state index in [1.807, 2.05) is 84.9 Å². The molecular formula is C39H23N3O2. The van der Waals surface area contributed by atoms with Crippen LogP contribution in [0.25, 0.3) is 89.2 Å². The molecule has 0 amide bonds. The Balaban J connectivity index is 1.32. The van der Waals surface area contributed by atoms with Crippen LogP contribution in [0.15, 0.2) is 148 Å². The van der Waals surface area contributed by atoms with Gasteiger partial charge in [-0.1, -0.05) is 109 Å². The van der Waals surface area contributed by atoms with Crippen LogP contribution in [-0.4, -0.2) is 15.0 Å². The molecule has 5 nitrogen and oxygen atoms in total. The van der Waals surface area contributed by atoms with E-state index in [2.05, 4.69) is 0 Å². The van der Waals surface area contributed by atoms with Crippen molar-refractivity contribution in [3.8, 4) is 45.3 Å². The molecule has 0 spiro atoms. The van der Waals surface area contributed by atoms with Gasteiger partial charge in [-0.05, 0) is 41.5 Å². The van der Waals surface area contributed by atoms with Crippen molar-refractivity contribution in [2.45, 2.75) is 0 Å². The third-order valence-electron chi connectivity index (χ3n) is 7.79. The first-order chi connectivity index (χ1) is 24.3. The zero-order chi connectivity index (χ0) is 34.3. The van der Waals surface area contributed by atoms with Gasteiger partial charge in [0.05, 0.1) is 8.22 Å². The summed E-state index contributed by atoms with van der Waals surface area (Å²) in [5, 5.41) is 3.52. The molecule has 0 fully saturated rings. The summed E-state index contributed by atoms with van der Waals surface area (Å²) < 4.78 is 62.8. The van der Waals surface area contributed by atoms with Gasteiger partial charge in [-0.2, -0.15) is 0 Å². The van der Waals surface area contributed by atoms with Crippen LogP contribution < -0.4 is 0 Å². The first kappa shape index (κ1) is 19.2. The quantitative estimate of drug-likeness (QED) is 0.210. The van der Waals surface area contributed by atoms with E-state index in [1.165, 1.54) is 0 Å². The summed E-state index contributed by atoms with van der Waals surface area (Å²) in [6.45, 7) is 0. The van der Waals surface area contributed by atoms with E-state index in [4.69, 9.17) is 32.0 Å². The van der Waals surface area contributed by atoms with Crippen molar-refractivity contribution in [2.75, 3.05) is 0 Å². The summed E-state index contributed by atoms with van der Waals surface area (Å²) in [6.07, 6.45) is 0. The van der Waals surface area contributed by atoms with E-state index < -0.39 is 30.2 Å². The Hall–Kier alpha value is -6.07. The van der Waals surface area contributed by atoms with Crippen LogP contribution in [0.3, 0.4) is 0 Å². The number of para-hydroxylation sites is 2. The van der Waals surface area contributed by atoms with E-state index in [0.717, 1.165) is 38.3 Å². The van der Waals surface area contributed by atoms with Crippen LogP contribution in [0.1, 0.15) is 8.22 Å². The predicted octanol–water partition coefficient (Wildman–Crippen LogP) is 10.3. The number of hydrogen-bond donors (Lipinski definition) is 0. The molecule has 0 atom stereocenters. The molecule has 0 radical (unpaired) electrons. The highest BCUT2D eigenvalue weighted by Crippen LogP contribution is 2.40. The minimum atomic E-state index is -0.504. The fourth-order valence-corrected chi connectivity index (χ4v) is 5.81. The number of rotatable bonds is 4. The highest BCUT2D eigenvalue weighted by molar-refractivity contribution is 6.13. The maximum atomic E-state index is 8.72. The molecule has 0 aliphatic heterocycles. The molecule has 0 saturated carbocycles. The van der Waals surface area contributed by atoms with Crippen LogP contribution in [0, 0.1) is 0 Å². The summed E-state index contributed by atoms with van der Waals surface area (Å²) in [5.74, 6) is 0.412. The summed E-state index contributed by atoms with van der Waals surface area (Å²) in [7, 11) is 0. The summed E-state index contributed by atoms with van der Waals surface area (Å²) in [5.41, 5.74) is 5.38. The Kier molecular flexibility index (Phi) is 4.25. The molecule has 206 valence electrons. The normalized spacial score (nSPS) is 13.5. The Bertz CT molecular complexity index is 2830. The zero-order valence-corrected chi connectivity index (χ0v) is 23.0. The van der Waals surface area contributed by atoms with Crippen LogP contribution in [-0.2, 0) is 0 Å². The smallest absolute Gasteiger partial charge is 0.164 e. The number of benzene rings is 6. The Labute approximate surface area is 260 Å². The highest BCUT2D eigenvalue weighted by atomic mass is 16.3. The van der Waals surface area contributed by atoms with Gasteiger partial charge >= 0.3 is 0 Å². The predicted molar refractivity (Wildman–Crippen MR) is 176 cm³/mol. The lowest BCUT2D eigenvalue weighted by Gasteiger charge is -2.13. The fraction of sp³-hybridized carbons (Fsp3) is 0. The third-order valence-corrected chi connectivity index (χ3v) is 7.79. The first-order valence-corrected chi connectivity index (χ1v) is 14.0. The molecule has 6 aromatic carbocycles. The van der Waals surface area contributed by atoms with Crippen molar-refractivity contribution in [1.82, 2.24) is 15.0 Å². The molecule has 0 unspecified atom stereocenters. The number of hydrogen-bond acceptors (Lipinski definition) is 5. The van der Waals surface area contributed by atoms with Crippen molar-refractivity contribution in [1.29, 1.82) is 0 Å². The van der Waals surface area contributed by atoms with Gasteiger partial charge in [-0.15, -0.1) is 0 Å². The van der Waals surface area contributed by atoms with Crippen LogP contribution in [0.5, 0.6) is 0 Å². The van der Waals surface area contributed by atoms with Gasteiger partial charge < -0.3 is 8.83 Å². The SMILES string of the molecule is [2H]c1ccc2oc3cccc(-c4ccccc4-c4nc(-c5ccc6c(c5)oc5ccccc56)nc(-c5c([2H])c([2H])c([2H])c([2H])c5[2H])n4)c3c2c1. The van der Waals surface area contributed by atoms with Crippen LogP contribution in [0.2, 0.25) is 0 Å². The summed E-state index contributed by atoms with van der Waals surface area (Å²) in [4.78, 5) is 14.5. The van der Waals surface area contributed by atoms with Gasteiger partial charge in [-0.25, -0.2) is 15.0 Å². The Morgan fingerprint density at radius 3 is 2.00 bits per heavy atom. The Morgan fingerprint density at radius 2 is 1.09 bits per heavy atom. The monoisotopic (exact) mass is 571 g/mol. The number of furan rings is 2. The zero-order valence-electron chi connectivity index (χ0n) is 29.0. The minimum Gasteiger partial charge on any atom is -0.456 e. The standard InChI is InChI=1S/C39H23N3O2/c1-2-11-24(12-3-1)37-40-38(25-21-22-28-27-14-6-8-18-32(27)44-35(28)23-25)42-39(41-37)30-15-5-4-13-26(30)29-17-10-20-34-36(29)31-16-7-9-19-33(31)43-34/h1-23H/i1D,2D,3D,7D,11D,12D. The molecule has 9 rings (SSSR count). The lowest BCUT2D eigenvalue weighted by Crippen LogP contribution is -2.01. The molecule has 0 aliphatic rings. The molecule has 0 bridgehead atoms. The highest BCUT2D eigenvalue weighted by Gasteiger charge is 2.19. The second kappa shape index (κ2) is 9.75. The molecular weight excluding hydrogens is 542 g/mol. The van der Waals surface area contributed by atoms with Gasteiger partial charge in [0.25, 0.3) is 0 Å². The van der Waals surface area contributed by atoms with Gasteiger partial charge in [0.2, 0.25) is 0 Å². The van der Waals surface area contributed by atoms with Gasteiger partial charge in [-0.3, -0.25) is 0 Å². The van der Waals surface area contributed by atoms with Gasteiger partial charge in [0.1, 0.15) is 22.3 Å². The maximum absolute atomic E-state index is 8.72. The van der Waals surface area contributed by atoms with E-state index in [-0.39, 0.29) is 23.0 Å². The van der Waals surface area contributed by atoms with Gasteiger partial charge in [0.15, 0.2) is 17.5 Å². The van der Waals surface area contributed by atoms with E-state index in [9.17, 15) is 0 Å². The van der Waals surface area contributed by atoms with Crippen molar-refractivity contribution >= 4 is 43.9 Å². The van der Waals surface area contributed by atoms with Crippen molar-refractivity contribution in [3.63, 3.8) is 0 Å². The second-order valence-electron chi connectivity index (χ2n) is 10.4. The molecule has 5 heteroatoms. The average molecular weight is 572 g/mol. The number of nitrogens with zero attached hydrogens (tertiary/aromatic N) is 3. The van der Waals surface area contributed by atoms with Crippen LogP contribution >= 0.6 is 0 Å². The van der Waals surface area contributed by atoms with Gasteiger partial charge in [0, 0.05) is 38.2 Å². The molecule has 9 aromatic rings. The largest absolute Gasteiger partial charge is 0.456 e. The second-order valence-corrected chi connectivity index (χ2v) is 10.4. The van der Waals surface area contributed by atoms with Crippen molar-refractivity contribution in [3.05, 3.63) is 139 Å². The van der Waals surface area contributed by atoms with E-state index in [0.29, 0.717) is 33.9 Å². The molecule has 0 aliphatic carbocycles. The first-order valence-electron chi connectivity index (χ1n) is 17.0. The number of aromatic nitrogens is 3. The summed E-state index contributed by atoms with van der Waals surface area (Å²) in [6, 6.07) is 30.0. The van der Waals surface area contributed by atoms with E-state index in [1.54, 1.807) is 18.2 Å². The Morgan fingerprint density at radius 1 is 0.432 bits per heavy atom. The topological polar surface area (TPSA) is 65.0 Å². The minimum absolute atomic E-state index is 0.0627. The molecule has 0 N–H and O–H groups in total. The fourth-order valence-electron chi connectivity index (χ4n) is 5.81. The number of fused-ring (bicyclic) bond motifs is 6. The molecule has 3 aromatic heterocycles. The average Bonchev–Trinajstić information content (AvgIpc) is 3.71.